The highest BCUT2D eigenvalue weighted by molar-refractivity contribution is 6.13. The van der Waals surface area contributed by atoms with E-state index in [1.165, 1.54) is 49.6 Å². The van der Waals surface area contributed by atoms with Gasteiger partial charge in [-0.1, -0.05) is 146 Å². The number of nitrogens with zero attached hydrogens (tertiary/aromatic N) is 4. The van der Waals surface area contributed by atoms with Crippen molar-refractivity contribution in [3.05, 3.63) is 205 Å². The van der Waals surface area contributed by atoms with Gasteiger partial charge in [-0.15, -0.1) is 0 Å². The quantitative estimate of drug-likeness (QED) is 0.177. The van der Waals surface area contributed by atoms with Crippen LogP contribution in [0.4, 0.5) is 0 Å². The van der Waals surface area contributed by atoms with Crippen molar-refractivity contribution < 1.29 is 4.42 Å². The zero-order valence-electron chi connectivity index (χ0n) is 30.7. The number of para-hydroxylation sites is 2. The highest BCUT2D eigenvalue weighted by Crippen LogP contribution is 2.50. The van der Waals surface area contributed by atoms with E-state index in [2.05, 4.69) is 126 Å². The molecule has 1 aliphatic carbocycles. The van der Waals surface area contributed by atoms with Gasteiger partial charge in [0.15, 0.2) is 17.5 Å². The minimum Gasteiger partial charge on any atom is -0.455 e. The van der Waals surface area contributed by atoms with Crippen molar-refractivity contribution in [1.29, 1.82) is 0 Å². The van der Waals surface area contributed by atoms with Crippen molar-refractivity contribution in [3.63, 3.8) is 0 Å². The molecule has 1 aliphatic rings. The Morgan fingerprint density at radius 1 is 0.404 bits per heavy atom. The number of rotatable bonds is 5. The van der Waals surface area contributed by atoms with E-state index in [4.69, 9.17) is 19.4 Å². The third-order valence-corrected chi connectivity index (χ3v) is 11.5. The van der Waals surface area contributed by atoms with E-state index in [1.807, 2.05) is 66.7 Å². The first-order valence-electron chi connectivity index (χ1n) is 19.3. The Morgan fingerprint density at radius 3 is 1.81 bits per heavy atom. The van der Waals surface area contributed by atoms with E-state index in [9.17, 15) is 0 Å². The van der Waals surface area contributed by atoms with Crippen LogP contribution >= 0.6 is 0 Å². The van der Waals surface area contributed by atoms with E-state index in [-0.39, 0.29) is 5.92 Å². The van der Waals surface area contributed by atoms with Crippen molar-refractivity contribution >= 4 is 43.7 Å². The molecular formula is C52H32N4O. The summed E-state index contributed by atoms with van der Waals surface area (Å²) in [6.07, 6.45) is 0. The Morgan fingerprint density at radius 2 is 1.04 bits per heavy atom. The number of hydrogen-bond donors (Lipinski definition) is 0. The van der Waals surface area contributed by atoms with Gasteiger partial charge in [-0.05, 0) is 70.3 Å². The van der Waals surface area contributed by atoms with Crippen LogP contribution in [0, 0.1) is 0 Å². The number of fused-ring (bicyclic) bond motifs is 9. The van der Waals surface area contributed by atoms with Crippen molar-refractivity contribution in [3.8, 4) is 51.0 Å². The molecule has 266 valence electrons. The SMILES string of the molecule is c1ccc(-c2nc(-c3ccccc3)nc(-c3cccc4c3oc3ccc(-n5c6ccccc6c6cc7c(cc65)-c5ccccc5C7c5ccccc5)cc34)n2)cc1. The van der Waals surface area contributed by atoms with E-state index in [0.29, 0.717) is 17.5 Å². The fourth-order valence-corrected chi connectivity index (χ4v) is 8.98. The topological polar surface area (TPSA) is 56.7 Å². The molecule has 0 amide bonds. The lowest BCUT2D eigenvalue weighted by Crippen LogP contribution is -2.00. The summed E-state index contributed by atoms with van der Waals surface area (Å²) in [5.41, 5.74) is 14.3. The maximum atomic E-state index is 6.72. The number of benzene rings is 8. The molecule has 8 aromatic carbocycles. The predicted octanol–water partition coefficient (Wildman–Crippen LogP) is 13.0. The fourth-order valence-electron chi connectivity index (χ4n) is 8.98. The van der Waals surface area contributed by atoms with Crippen molar-refractivity contribution in [2.45, 2.75) is 5.92 Å². The van der Waals surface area contributed by atoms with Gasteiger partial charge in [0.2, 0.25) is 0 Å². The van der Waals surface area contributed by atoms with Gasteiger partial charge < -0.3 is 8.98 Å². The Hall–Kier alpha value is -7.63. The lowest BCUT2D eigenvalue weighted by atomic mass is 9.89. The summed E-state index contributed by atoms with van der Waals surface area (Å²) in [5.74, 6) is 1.98. The van der Waals surface area contributed by atoms with Gasteiger partial charge in [-0.25, -0.2) is 15.0 Å². The van der Waals surface area contributed by atoms with Crippen LogP contribution in [-0.2, 0) is 0 Å². The van der Waals surface area contributed by atoms with Gasteiger partial charge in [0, 0.05) is 44.3 Å². The Balaban J connectivity index is 1.05. The first kappa shape index (κ1) is 31.7. The van der Waals surface area contributed by atoms with Gasteiger partial charge in [-0.3, -0.25) is 0 Å². The van der Waals surface area contributed by atoms with Crippen LogP contribution in [0.2, 0.25) is 0 Å². The molecular weight excluding hydrogens is 697 g/mol. The largest absolute Gasteiger partial charge is 0.455 e. The summed E-state index contributed by atoms with van der Waals surface area (Å²) >= 11 is 0. The van der Waals surface area contributed by atoms with Crippen LogP contribution in [0.15, 0.2) is 192 Å². The van der Waals surface area contributed by atoms with Gasteiger partial charge >= 0.3 is 0 Å². The van der Waals surface area contributed by atoms with Gasteiger partial charge in [0.1, 0.15) is 11.2 Å². The molecule has 3 aromatic heterocycles. The van der Waals surface area contributed by atoms with Gasteiger partial charge in [0.25, 0.3) is 0 Å². The zero-order chi connectivity index (χ0) is 37.5. The predicted molar refractivity (Wildman–Crippen MR) is 231 cm³/mol. The first-order chi connectivity index (χ1) is 28.3. The molecule has 12 rings (SSSR count). The molecule has 0 N–H and O–H groups in total. The van der Waals surface area contributed by atoms with E-state index < -0.39 is 0 Å². The Kier molecular flexibility index (Phi) is 6.92. The number of aromatic nitrogens is 4. The lowest BCUT2D eigenvalue weighted by Gasteiger charge is -2.14. The molecule has 0 radical (unpaired) electrons. The summed E-state index contributed by atoms with van der Waals surface area (Å²) in [6, 6.07) is 66.3. The van der Waals surface area contributed by atoms with E-state index in [0.717, 1.165) is 44.3 Å². The van der Waals surface area contributed by atoms with Crippen LogP contribution in [-0.4, -0.2) is 19.5 Å². The third kappa shape index (κ3) is 4.92. The third-order valence-electron chi connectivity index (χ3n) is 11.5. The summed E-state index contributed by atoms with van der Waals surface area (Å²) in [4.78, 5) is 15.0. The molecule has 1 atom stereocenters. The fraction of sp³-hybridized carbons (Fsp3) is 0.0192. The molecule has 3 heterocycles. The van der Waals surface area contributed by atoms with Crippen molar-refractivity contribution in [1.82, 2.24) is 19.5 Å². The van der Waals surface area contributed by atoms with Crippen molar-refractivity contribution in [2.24, 2.45) is 0 Å². The molecule has 5 heteroatoms. The van der Waals surface area contributed by atoms with Crippen LogP contribution in [0.5, 0.6) is 0 Å². The van der Waals surface area contributed by atoms with Crippen LogP contribution in [0.1, 0.15) is 22.6 Å². The maximum absolute atomic E-state index is 6.72. The van der Waals surface area contributed by atoms with Crippen LogP contribution in [0.25, 0.3) is 94.7 Å². The number of furan rings is 1. The molecule has 1 unspecified atom stereocenters. The highest BCUT2D eigenvalue weighted by atomic mass is 16.3. The van der Waals surface area contributed by atoms with Crippen LogP contribution in [0.3, 0.4) is 0 Å². The smallest absolute Gasteiger partial charge is 0.167 e. The normalized spacial score (nSPS) is 13.4. The minimum absolute atomic E-state index is 0.184. The molecule has 0 aliphatic heterocycles. The molecule has 0 fully saturated rings. The average molecular weight is 729 g/mol. The summed E-state index contributed by atoms with van der Waals surface area (Å²) in [7, 11) is 0. The van der Waals surface area contributed by atoms with E-state index in [1.54, 1.807) is 0 Å². The number of hydrogen-bond acceptors (Lipinski definition) is 4. The second-order valence-electron chi connectivity index (χ2n) is 14.7. The molecule has 11 aromatic rings. The summed E-state index contributed by atoms with van der Waals surface area (Å²) < 4.78 is 9.13. The molecule has 0 spiro atoms. The second kappa shape index (κ2) is 12.4. The Labute approximate surface area is 328 Å². The summed E-state index contributed by atoms with van der Waals surface area (Å²) in [6.45, 7) is 0. The highest BCUT2D eigenvalue weighted by Gasteiger charge is 2.31. The van der Waals surface area contributed by atoms with Crippen molar-refractivity contribution in [2.75, 3.05) is 0 Å². The Bertz CT molecular complexity index is 3290. The van der Waals surface area contributed by atoms with E-state index >= 15 is 0 Å². The summed E-state index contributed by atoms with van der Waals surface area (Å²) in [5, 5.41) is 4.52. The second-order valence-corrected chi connectivity index (χ2v) is 14.7. The minimum atomic E-state index is 0.184. The molecule has 0 saturated heterocycles. The monoisotopic (exact) mass is 728 g/mol. The van der Waals surface area contributed by atoms with Crippen LogP contribution < -0.4 is 0 Å². The van der Waals surface area contributed by atoms with Gasteiger partial charge in [0.05, 0.1) is 16.6 Å². The molecule has 57 heavy (non-hydrogen) atoms. The molecule has 0 bridgehead atoms. The van der Waals surface area contributed by atoms with Gasteiger partial charge in [-0.2, -0.15) is 0 Å². The molecule has 5 nitrogen and oxygen atoms in total. The maximum Gasteiger partial charge on any atom is 0.167 e. The molecule has 0 saturated carbocycles. The first-order valence-corrected chi connectivity index (χ1v) is 19.3. The lowest BCUT2D eigenvalue weighted by molar-refractivity contribution is 0.669. The average Bonchev–Trinajstić information content (AvgIpc) is 3.93. The standard InChI is InChI=1S/C52H32N4O/c1-4-15-32(16-5-1)48-38-23-11-10-21-36(38)41-31-46-42(30-44(41)48)37-22-12-13-26-45(37)56(46)35-27-28-47-43(29-35)39-24-14-25-40(49(39)57-47)52-54-50(33-17-6-2-7-18-33)53-51(55-52)34-19-8-3-9-20-34/h1-31,48H. The zero-order valence-corrected chi connectivity index (χ0v) is 30.7.